The molecule has 4 aliphatic rings. The van der Waals surface area contributed by atoms with Crippen LogP contribution in [0.2, 0.25) is 0 Å². The van der Waals surface area contributed by atoms with Crippen LogP contribution in [0.15, 0.2) is 22.9 Å². The van der Waals surface area contributed by atoms with Crippen LogP contribution in [0.4, 0.5) is 5.69 Å². The molecular formula is C22H27N7O3. The normalized spacial score (nSPS) is 30.8. The highest BCUT2D eigenvalue weighted by atomic mass is 16.6. The Morgan fingerprint density at radius 1 is 1.22 bits per heavy atom. The van der Waals surface area contributed by atoms with E-state index < -0.39 is 0 Å². The van der Waals surface area contributed by atoms with Gasteiger partial charge in [0.15, 0.2) is 0 Å². The van der Waals surface area contributed by atoms with E-state index in [0.717, 1.165) is 49.4 Å². The molecule has 0 aliphatic heterocycles. The van der Waals surface area contributed by atoms with E-state index in [-0.39, 0.29) is 21.6 Å². The Labute approximate surface area is 185 Å². The molecule has 0 saturated heterocycles. The number of aromatic nitrogens is 6. The second-order valence-electron chi connectivity index (χ2n) is 10.3. The first-order valence-corrected chi connectivity index (χ1v) is 11.4. The van der Waals surface area contributed by atoms with Gasteiger partial charge < -0.3 is 4.42 Å². The van der Waals surface area contributed by atoms with Gasteiger partial charge in [-0.2, -0.15) is 10.2 Å². The summed E-state index contributed by atoms with van der Waals surface area (Å²) in [5.41, 5.74) is 1.83. The summed E-state index contributed by atoms with van der Waals surface area (Å²) < 4.78 is 10.1. The summed E-state index contributed by atoms with van der Waals surface area (Å²) in [4.78, 5) is 10.9. The molecule has 10 nitrogen and oxygen atoms in total. The van der Waals surface area contributed by atoms with Crippen LogP contribution in [0.5, 0.6) is 0 Å². The maximum absolute atomic E-state index is 11.2. The number of aryl methyl sites for hydroxylation is 4. The van der Waals surface area contributed by atoms with Gasteiger partial charge in [0.25, 0.3) is 0 Å². The molecule has 0 N–H and O–H groups in total. The molecule has 3 aromatic heterocycles. The molecule has 7 rings (SSSR count). The van der Waals surface area contributed by atoms with Gasteiger partial charge in [-0.15, -0.1) is 10.2 Å². The first-order valence-electron chi connectivity index (χ1n) is 11.4. The zero-order valence-electron chi connectivity index (χ0n) is 18.4. The van der Waals surface area contributed by atoms with Gasteiger partial charge in [-0.1, -0.05) is 0 Å². The minimum Gasteiger partial charge on any atom is -0.425 e. The zero-order chi connectivity index (χ0) is 22.1. The van der Waals surface area contributed by atoms with E-state index in [0.29, 0.717) is 30.7 Å². The molecule has 32 heavy (non-hydrogen) atoms. The molecule has 10 heteroatoms. The zero-order valence-corrected chi connectivity index (χ0v) is 18.4. The number of rotatable bonds is 6. The van der Waals surface area contributed by atoms with Crippen molar-refractivity contribution in [2.24, 2.45) is 11.8 Å². The molecule has 2 atom stereocenters. The molecule has 168 valence electrons. The second-order valence-corrected chi connectivity index (χ2v) is 10.3. The van der Waals surface area contributed by atoms with Crippen molar-refractivity contribution in [2.45, 2.75) is 76.3 Å². The van der Waals surface area contributed by atoms with Crippen LogP contribution in [-0.2, 0) is 23.9 Å². The fraction of sp³-hybridized carbons (Fsp3) is 0.636. The molecule has 4 bridgehead atoms. The van der Waals surface area contributed by atoms with E-state index in [4.69, 9.17) is 4.42 Å². The Bertz CT molecular complexity index is 1180. The van der Waals surface area contributed by atoms with E-state index in [9.17, 15) is 10.1 Å². The molecular weight excluding hydrogens is 410 g/mol. The van der Waals surface area contributed by atoms with E-state index in [1.807, 2.05) is 23.2 Å². The largest absolute Gasteiger partial charge is 0.425 e. The summed E-state index contributed by atoms with van der Waals surface area (Å²) in [6, 6.07) is 2.06. The molecule has 4 saturated carbocycles. The molecule has 3 heterocycles. The van der Waals surface area contributed by atoms with Crippen molar-refractivity contribution in [3.05, 3.63) is 51.7 Å². The number of nitrogens with zero attached hydrogens (tertiary/aromatic N) is 7. The summed E-state index contributed by atoms with van der Waals surface area (Å²) in [6.45, 7) is 4.75. The first-order chi connectivity index (χ1) is 15.3. The quantitative estimate of drug-likeness (QED) is 0.428. The van der Waals surface area contributed by atoms with Crippen LogP contribution < -0.4 is 0 Å². The van der Waals surface area contributed by atoms with Crippen LogP contribution >= 0.6 is 0 Å². The van der Waals surface area contributed by atoms with Gasteiger partial charge in [-0.3, -0.25) is 19.5 Å². The maximum Gasteiger partial charge on any atom is 0.307 e. The highest BCUT2D eigenvalue weighted by Crippen LogP contribution is 2.64. The highest BCUT2D eigenvalue weighted by Gasteiger charge is 2.61. The molecule has 3 aromatic rings. The number of hydrogen-bond acceptors (Lipinski definition) is 7. The lowest BCUT2D eigenvalue weighted by Gasteiger charge is -2.60. The Morgan fingerprint density at radius 2 is 2.00 bits per heavy atom. The predicted molar refractivity (Wildman–Crippen MR) is 113 cm³/mol. The lowest BCUT2D eigenvalue weighted by Crippen LogP contribution is -2.58. The van der Waals surface area contributed by atoms with E-state index in [1.165, 1.54) is 12.6 Å². The molecule has 4 fully saturated rings. The minimum atomic E-state index is -0.368. The molecule has 0 radical (unpaired) electrons. The third-order valence-electron chi connectivity index (χ3n) is 7.86. The van der Waals surface area contributed by atoms with Crippen molar-refractivity contribution < 1.29 is 9.34 Å². The standard InChI is InChI=1S/C22H27N7O3/c1-14-5-15(2)27(26-14)4-3-19-24-25-20(32-19)21-7-16-6-17(8-21)10-22(9-16,13-21)28-12-18(11-23-28)29(30)31/h5,11-12,16-17H,3-4,6-10,13H2,1-2H3. The van der Waals surface area contributed by atoms with Crippen LogP contribution in [0.1, 0.15) is 61.7 Å². The van der Waals surface area contributed by atoms with Crippen molar-refractivity contribution in [3.63, 3.8) is 0 Å². The summed E-state index contributed by atoms with van der Waals surface area (Å²) in [5.74, 6) is 2.50. The Hall–Kier alpha value is -3.04. The average molecular weight is 438 g/mol. The fourth-order valence-electron chi connectivity index (χ4n) is 7.07. The van der Waals surface area contributed by atoms with E-state index in [1.54, 1.807) is 6.20 Å². The third kappa shape index (κ3) is 2.99. The monoisotopic (exact) mass is 437 g/mol. The van der Waals surface area contributed by atoms with Gasteiger partial charge in [-0.05, 0) is 70.3 Å². The van der Waals surface area contributed by atoms with Gasteiger partial charge in [0.05, 0.1) is 21.6 Å². The molecule has 0 aromatic carbocycles. The van der Waals surface area contributed by atoms with Crippen LogP contribution in [0.25, 0.3) is 0 Å². The van der Waals surface area contributed by atoms with Crippen LogP contribution in [0, 0.1) is 35.8 Å². The van der Waals surface area contributed by atoms with E-state index in [2.05, 4.69) is 26.5 Å². The van der Waals surface area contributed by atoms with Gasteiger partial charge in [0, 0.05) is 18.7 Å². The number of hydrogen-bond donors (Lipinski definition) is 0. The van der Waals surface area contributed by atoms with Gasteiger partial charge in [0.2, 0.25) is 11.8 Å². The predicted octanol–water partition coefficient (Wildman–Crippen LogP) is 3.48. The first kappa shape index (κ1) is 19.6. The van der Waals surface area contributed by atoms with Crippen molar-refractivity contribution >= 4 is 5.69 Å². The van der Waals surface area contributed by atoms with Gasteiger partial charge in [-0.25, -0.2) is 0 Å². The smallest absolute Gasteiger partial charge is 0.307 e. The van der Waals surface area contributed by atoms with Crippen molar-refractivity contribution in [1.82, 2.24) is 29.8 Å². The molecule has 2 unspecified atom stereocenters. The summed E-state index contributed by atoms with van der Waals surface area (Å²) in [5, 5.41) is 29.1. The molecule has 4 aliphatic carbocycles. The summed E-state index contributed by atoms with van der Waals surface area (Å²) in [7, 11) is 0. The Balaban J connectivity index is 1.27. The van der Waals surface area contributed by atoms with Crippen molar-refractivity contribution in [1.29, 1.82) is 0 Å². The second kappa shape index (κ2) is 6.73. The van der Waals surface area contributed by atoms with Crippen LogP contribution in [-0.4, -0.2) is 34.7 Å². The molecule has 0 spiro atoms. The lowest BCUT2D eigenvalue weighted by atomic mass is 9.47. The SMILES string of the molecule is Cc1cc(C)n(CCc2nnc(C34CC5CC(C3)CC(n3cc([N+](=O)[O-])cn3)(C5)C4)o2)n1. The van der Waals surface area contributed by atoms with Crippen molar-refractivity contribution in [3.8, 4) is 0 Å². The minimum absolute atomic E-state index is 0.0547. The van der Waals surface area contributed by atoms with Gasteiger partial charge >= 0.3 is 5.69 Å². The lowest BCUT2D eigenvalue weighted by molar-refractivity contribution is -0.385. The Kier molecular flexibility index (Phi) is 4.13. The molecule has 0 amide bonds. The Morgan fingerprint density at radius 3 is 2.66 bits per heavy atom. The van der Waals surface area contributed by atoms with Crippen LogP contribution in [0.3, 0.4) is 0 Å². The van der Waals surface area contributed by atoms with Crippen molar-refractivity contribution in [2.75, 3.05) is 0 Å². The summed E-state index contributed by atoms with van der Waals surface area (Å²) in [6.07, 6.45) is 9.82. The topological polar surface area (TPSA) is 118 Å². The fourth-order valence-corrected chi connectivity index (χ4v) is 7.07. The maximum atomic E-state index is 11.2. The van der Waals surface area contributed by atoms with Gasteiger partial charge in [0.1, 0.15) is 12.4 Å². The highest BCUT2D eigenvalue weighted by molar-refractivity contribution is 5.25. The number of nitro groups is 1. The van der Waals surface area contributed by atoms with E-state index >= 15 is 0 Å². The third-order valence-corrected chi connectivity index (χ3v) is 7.86. The summed E-state index contributed by atoms with van der Waals surface area (Å²) >= 11 is 0. The average Bonchev–Trinajstić information content (AvgIpc) is 3.45.